The molecule has 3 aromatic carbocycles. The molecule has 0 atom stereocenters. The van der Waals surface area contributed by atoms with E-state index in [-0.39, 0.29) is 18.0 Å². The maximum atomic E-state index is 13.1. The third-order valence-electron chi connectivity index (χ3n) is 8.57. The second-order valence-corrected chi connectivity index (χ2v) is 13.0. The number of carbonyl (C=O) groups is 4. The smallest absolute Gasteiger partial charge is 0.334 e. The molecule has 50 heavy (non-hydrogen) atoms. The van der Waals surface area contributed by atoms with Gasteiger partial charge in [-0.15, -0.1) is 11.3 Å². The highest BCUT2D eigenvalue weighted by Crippen LogP contribution is 2.31. The predicted molar refractivity (Wildman–Crippen MR) is 178 cm³/mol. The Bertz CT molecular complexity index is 1900. The fraction of sp³-hybridized carbons (Fsp3) is 0.278. The lowest BCUT2D eigenvalue weighted by Gasteiger charge is -2.22. The van der Waals surface area contributed by atoms with Gasteiger partial charge >= 0.3 is 6.18 Å². The van der Waals surface area contributed by atoms with Gasteiger partial charge in [-0.1, -0.05) is 18.2 Å². The summed E-state index contributed by atoms with van der Waals surface area (Å²) in [5.74, 6) is -1.54. The van der Waals surface area contributed by atoms with Crippen LogP contribution in [0.25, 0.3) is 0 Å². The molecule has 6 rings (SSSR count). The van der Waals surface area contributed by atoms with Crippen molar-refractivity contribution in [2.24, 2.45) is 0 Å². The van der Waals surface area contributed by atoms with E-state index in [4.69, 9.17) is 10.4 Å². The first-order chi connectivity index (χ1) is 23.9. The molecule has 0 saturated heterocycles. The van der Waals surface area contributed by atoms with E-state index in [1.165, 1.54) is 35.3 Å². The monoisotopic (exact) mass is 708 g/mol. The average molecular weight is 709 g/mol. The van der Waals surface area contributed by atoms with Gasteiger partial charge in [0, 0.05) is 42.9 Å². The quantitative estimate of drug-likeness (QED) is 0.148. The zero-order valence-corrected chi connectivity index (χ0v) is 27.9. The number of hydrogen-bond donors (Lipinski definition) is 4. The van der Waals surface area contributed by atoms with Crippen molar-refractivity contribution in [2.75, 3.05) is 13.1 Å². The molecule has 1 aromatic heterocycles. The van der Waals surface area contributed by atoms with Gasteiger partial charge in [0.2, 0.25) is 0 Å². The number of aryl methyl sites for hydroxylation is 3. The molecule has 10 nitrogen and oxygen atoms in total. The summed E-state index contributed by atoms with van der Waals surface area (Å²) in [6, 6.07) is 17.3. The number of hydrogen-bond acceptors (Lipinski definition) is 7. The lowest BCUT2D eigenvalue weighted by atomic mass is 10.0. The normalized spacial score (nSPS) is 14.2. The Balaban J connectivity index is 0.000000200. The molecule has 0 bridgehead atoms. The molecule has 3 heterocycles. The number of benzene rings is 3. The number of amides is 4. The zero-order chi connectivity index (χ0) is 36.0. The van der Waals surface area contributed by atoms with Gasteiger partial charge in [0.15, 0.2) is 0 Å². The van der Waals surface area contributed by atoms with Gasteiger partial charge < -0.3 is 9.80 Å². The fourth-order valence-corrected chi connectivity index (χ4v) is 6.77. The summed E-state index contributed by atoms with van der Waals surface area (Å²) < 4.78 is 39.2. The van der Waals surface area contributed by atoms with E-state index in [1.54, 1.807) is 35.2 Å². The van der Waals surface area contributed by atoms with Gasteiger partial charge in [-0.25, -0.2) is 11.0 Å². The molecule has 4 aromatic rings. The number of hydroxylamine groups is 2. The number of carbonyl (C=O) groups excluding carboxylic acids is 4. The van der Waals surface area contributed by atoms with Gasteiger partial charge in [0.05, 0.1) is 10.4 Å². The Morgan fingerprint density at radius 1 is 0.700 bits per heavy atom. The molecule has 14 heteroatoms. The molecule has 4 amide bonds. The number of nitrogens with zero attached hydrogens (tertiary/aromatic N) is 2. The molecule has 2 aliphatic rings. The van der Waals surface area contributed by atoms with E-state index in [0.717, 1.165) is 52.1 Å². The van der Waals surface area contributed by atoms with E-state index in [1.807, 2.05) is 28.5 Å². The Labute approximate surface area is 290 Å². The summed E-state index contributed by atoms with van der Waals surface area (Å²) in [4.78, 5) is 52.5. The Morgan fingerprint density at radius 2 is 1.24 bits per heavy atom. The fourth-order valence-electron chi connectivity index (χ4n) is 6.08. The molecule has 0 saturated carbocycles. The van der Waals surface area contributed by atoms with Crippen LogP contribution in [0.15, 0.2) is 72.1 Å². The molecule has 0 unspecified atom stereocenters. The van der Waals surface area contributed by atoms with Crippen molar-refractivity contribution in [3.63, 3.8) is 0 Å². The summed E-state index contributed by atoms with van der Waals surface area (Å²) in [5, 5.41) is 19.4. The topological polar surface area (TPSA) is 139 Å². The van der Waals surface area contributed by atoms with Crippen LogP contribution in [-0.4, -0.2) is 56.9 Å². The third kappa shape index (κ3) is 8.56. The van der Waals surface area contributed by atoms with E-state index < -0.39 is 29.5 Å². The maximum Gasteiger partial charge on any atom is 0.416 e. The molecular weight excluding hydrogens is 673 g/mol. The lowest BCUT2D eigenvalue weighted by Crippen LogP contribution is -2.31. The van der Waals surface area contributed by atoms with Gasteiger partial charge in [0.25, 0.3) is 23.6 Å². The zero-order valence-electron chi connectivity index (χ0n) is 27.0. The van der Waals surface area contributed by atoms with Crippen molar-refractivity contribution in [1.29, 1.82) is 0 Å². The molecule has 0 radical (unpaired) electrons. The Morgan fingerprint density at radius 3 is 1.72 bits per heavy atom. The van der Waals surface area contributed by atoms with Crippen molar-refractivity contribution in [2.45, 2.75) is 51.9 Å². The minimum Gasteiger partial charge on any atom is -0.334 e. The summed E-state index contributed by atoms with van der Waals surface area (Å²) in [5.41, 5.74) is 7.30. The highest BCUT2D eigenvalue weighted by atomic mass is 32.1. The molecule has 4 N–H and O–H groups in total. The minimum absolute atomic E-state index is 0.00653. The molecule has 262 valence electrons. The number of fused-ring (bicyclic) bond motifs is 2. The van der Waals surface area contributed by atoms with Crippen LogP contribution in [0.2, 0.25) is 0 Å². The van der Waals surface area contributed by atoms with E-state index >= 15 is 0 Å². The molecule has 2 aliphatic heterocycles. The standard InChI is InChI=1S/C20H19F3N2O3.C16H16N2O3S/c1-12-7-16(10-17(8-12)20(21,22)23)19(27)25-6-2-3-13-9-14(18(26)24-28)4-5-15(13)11-25;19-15(17-21)12-5-6-13-10-18(7-1-3-11(13)9-12)16(20)14-4-2-8-22-14/h4-5,7-10,28H,2-3,6,11H2,1H3,(H,24,26);2,4-6,8-9,21H,1,3,7,10H2,(H,17,19). The average Bonchev–Trinajstić information content (AvgIpc) is 3.45. The summed E-state index contributed by atoms with van der Waals surface area (Å²) in [7, 11) is 0. The number of nitrogens with one attached hydrogen (secondary N) is 2. The van der Waals surface area contributed by atoms with E-state index in [2.05, 4.69) is 0 Å². The largest absolute Gasteiger partial charge is 0.416 e. The number of alkyl halides is 3. The first-order valence-electron chi connectivity index (χ1n) is 15.8. The summed E-state index contributed by atoms with van der Waals surface area (Å²) >= 11 is 1.45. The maximum absolute atomic E-state index is 13.1. The highest BCUT2D eigenvalue weighted by molar-refractivity contribution is 7.12. The van der Waals surface area contributed by atoms with Gasteiger partial charge in [-0.2, -0.15) is 13.2 Å². The first-order valence-corrected chi connectivity index (χ1v) is 16.7. The van der Waals surface area contributed by atoms with Crippen LogP contribution in [-0.2, 0) is 32.1 Å². The van der Waals surface area contributed by atoms with E-state index in [9.17, 15) is 32.3 Å². The Kier molecular flexibility index (Phi) is 11.3. The lowest BCUT2D eigenvalue weighted by molar-refractivity contribution is -0.137. The second-order valence-electron chi connectivity index (χ2n) is 12.1. The van der Waals surface area contributed by atoms with Crippen molar-refractivity contribution in [1.82, 2.24) is 20.8 Å². The third-order valence-corrected chi connectivity index (χ3v) is 9.43. The number of halogens is 3. The molecule has 0 spiro atoms. The van der Waals surface area contributed by atoms with Crippen molar-refractivity contribution in [3.8, 4) is 0 Å². The minimum atomic E-state index is -4.52. The van der Waals surface area contributed by atoms with Crippen LogP contribution in [0.1, 0.15) is 87.0 Å². The second kappa shape index (κ2) is 15.7. The Hall–Kier alpha value is -5.05. The van der Waals surface area contributed by atoms with Gasteiger partial charge in [-0.05, 0) is 114 Å². The van der Waals surface area contributed by atoms with Crippen LogP contribution in [0.4, 0.5) is 13.2 Å². The predicted octanol–water partition coefficient (Wildman–Crippen LogP) is 6.18. The SMILES string of the molecule is Cc1cc(C(=O)N2CCCc3cc(C(=O)NO)ccc3C2)cc(C(F)(F)F)c1.O=C(NO)c1ccc2c(c1)CCCN(C(=O)c1cccs1)C2. The van der Waals surface area contributed by atoms with Crippen molar-refractivity contribution >= 4 is 35.0 Å². The van der Waals surface area contributed by atoms with Gasteiger partial charge in [0.1, 0.15) is 0 Å². The van der Waals surface area contributed by atoms with Crippen LogP contribution in [0.3, 0.4) is 0 Å². The summed E-state index contributed by atoms with van der Waals surface area (Å²) in [6.45, 7) is 3.41. The van der Waals surface area contributed by atoms with E-state index in [0.29, 0.717) is 49.2 Å². The molecule has 0 fully saturated rings. The highest BCUT2D eigenvalue weighted by Gasteiger charge is 2.32. The number of thiophene rings is 1. The molecule has 0 aliphatic carbocycles. The summed E-state index contributed by atoms with van der Waals surface area (Å²) in [6.07, 6.45) is -1.62. The van der Waals surface area contributed by atoms with Crippen molar-refractivity contribution < 1.29 is 42.8 Å². The number of rotatable bonds is 4. The van der Waals surface area contributed by atoms with Crippen LogP contribution in [0, 0.1) is 6.92 Å². The van der Waals surface area contributed by atoms with Crippen LogP contribution < -0.4 is 11.0 Å². The van der Waals surface area contributed by atoms with Crippen LogP contribution in [0.5, 0.6) is 0 Å². The van der Waals surface area contributed by atoms with Crippen molar-refractivity contribution in [3.05, 3.63) is 127 Å². The first kappa shape index (κ1) is 36.2. The van der Waals surface area contributed by atoms with Crippen LogP contribution >= 0.6 is 11.3 Å². The van der Waals surface area contributed by atoms with Gasteiger partial charge in [-0.3, -0.25) is 29.6 Å². The molecular formula is C36H35F3N4O6S.